The van der Waals surface area contributed by atoms with Crippen molar-refractivity contribution < 1.29 is 14.3 Å². The summed E-state index contributed by atoms with van der Waals surface area (Å²) in [5.74, 6) is 1.95. The molecule has 1 aromatic rings. The Hall–Kier alpha value is -1.75. The van der Waals surface area contributed by atoms with Crippen LogP contribution in [0, 0.1) is 5.92 Å². The van der Waals surface area contributed by atoms with E-state index in [1.807, 2.05) is 13.0 Å². The van der Waals surface area contributed by atoms with Gasteiger partial charge >= 0.3 is 0 Å². The fourth-order valence-corrected chi connectivity index (χ4v) is 2.70. The zero-order valence-corrected chi connectivity index (χ0v) is 14.2. The van der Waals surface area contributed by atoms with E-state index in [2.05, 4.69) is 17.6 Å². The quantitative estimate of drug-likeness (QED) is 0.734. The predicted molar refractivity (Wildman–Crippen MR) is 91.3 cm³/mol. The van der Waals surface area contributed by atoms with E-state index in [1.54, 1.807) is 12.1 Å². The van der Waals surface area contributed by atoms with E-state index in [1.165, 1.54) is 6.42 Å². The molecule has 1 unspecified atom stereocenters. The van der Waals surface area contributed by atoms with Crippen molar-refractivity contribution in [2.45, 2.75) is 33.1 Å². The Morgan fingerprint density at radius 2 is 2.17 bits per heavy atom. The van der Waals surface area contributed by atoms with Gasteiger partial charge in [-0.3, -0.25) is 4.79 Å². The molecule has 0 aromatic heterocycles. The molecule has 1 amide bonds. The average Bonchev–Trinajstić information content (AvgIpc) is 3.07. The Kier molecular flexibility index (Phi) is 7.20. The Morgan fingerprint density at radius 1 is 1.30 bits per heavy atom. The van der Waals surface area contributed by atoms with Gasteiger partial charge in [0, 0.05) is 12.1 Å². The first-order valence-corrected chi connectivity index (χ1v) is 8.63. The van der Waals surface area contributed by atoms with Crippen LogP contribution in [0.4, 0.5) is 0 Å². The molecule has 2 N–H and O–H groups in total. The summed E-state index contributed by atoms with van der Waals surface area (Å²) in [7, 11) is 0. The molecule has 5 nitrogen and oxygen atoms in total. The van der Waals surface area contributed by atoms with Gasteiger partial charge in [0.25, 0.3) is 5.91 Å². The molecule has 0 aliphatic carbocycles. The molecule has 5 heteroatoms. The van der Waals surface area contributed by atoms with E-state index in [0.29, 0.717) is 42.7 Å². The van der Waals surface area contributed by atoms with Gasteiger partial charge in [-0.1, -0.05) is 6.92 Å². The Labute approximate surface area is 138 Å². The summed E-state index contributed by atoms with van der Waals surface area (Å²) >= 11 is 0. The van der Waals surface area contributed by atoms with E-state index in [-0.39, 0.29) is 5.91 Å². The summed E-state index contributed by atoms with van der Waals surface area (Å²) in [5.41, 5.74) is 0.613. The molecule has 1 aliphatic rings. The van der Waals surface area contributed by atoms with Gasteiger partial charge in [-0.05, 0) is 63.4 Å². The molecule has 1 aromatic carbocycles. The van der Waals surface area contributed by atoms with Gasteiger partial charge in [0.1, 0.15) is 0 Å². The lowest BCUT2D eigenvalue weighted by molar-refractivity contribution is 0.0951. The lowest BCUT2D eigenvalue weighted by atomic mass is 10.1. The molecule has 23 heavy (non-hydrogen) atoms. The van der Waals surface area contributed by atoms with Gasteiger partial charge < -0.3 is 20.1 Å². The summed E-state index contributed by atoms with van der Waals surface area (Å²) < 4.78 is 11.3. The smallest absolute Gasteiger partial charge is 0.251 e. The molecule has 1 atom stereocenters. The van der Waals surface area contributed by atoms with Crippen molar-refractivity contribution in [2.75, 3.05) is 32.8 Å². The van der Waals surface area contributed by atoms with Crippen LogP contribution in [-0.2, 0) is 0 Å². The molecule has 0 bridgehead atoms. The van der Waals surface area contributed by atoms with E-state index in [9.17, 15) is 4.79 Å². The van der Waals surface area contributed by atoms with Gasteiger partial charge in [0.05, 0.1) is 13.2 Å². The van der Waals surface area contributed by atoms with Crippen molar-refractivity contribution >= 4 is 5.91 Å². The van der Waals surface area contributed by atoms with Crippen LogP contribution < -0.4 is 20.1 Å². The van der Waals surface area contributed by atoms with Crippen LogP contribution in [0.5, 0.6) is 11.5 Å². The number of carbonyl (C=O) groups excluding carboxylic acids is 1. The first-order chi connectivity index (χ1) is 11.2. The van der Waals surface area contributed by atoms with Crippen LogP contribution >= 0.6 is 0 Å². The molecule has 0 radical (unpaired) electrons. The summed E-state index contributed by atoms with van der Waals surface area (Å²) in [6.45, 7) is 8.03. The maximum atomic E-state index is 12.3. The third-order valence-corrected chi connectivity index (χ3v) is 3.97. The van der Waals surface area contributed by atoms with Crippen molar-refractivity contribution in [2.24, 2.45) is 5.92 Å². The average molecular weight is 320 g/mol. The summed E-state index contributed by atoms with van der Waals surface area (Å²) in [4.78, 5) is 12.3. The monoisotopic (exact) mass is 320 g/mol. The highest BCUT2D eigenvalue weighted by molar-refractivity contribution is 5.94. The molecule has 1 heterocycles. The molecular formula is C18H28N2O3. The normalized spacial score (nSPS) is 17.0. The van der Waals surface area contributed by atoms with Crippen LogP contribution in [0.25, 0.3) is 0 Å². The molecule has 1 aliphatic heterocycles. The molecule has 128 valence electrons. The number of amides is 1. The summed E-state index contributed by atoms with van der Waals surface area (Å²) in [6.07, 6.45) is 3.16. The SMILES string of the molecule is CCCOc1ccc(C(=O)NCCC2CCNC2)cc1OCC. The number of ether oxygens (including phenoxy) is 2. The summed E-state index contributed by atoms with van der Waals surface area (Å²) in [6, 6.07) is 5.37. The fraction of sp³-hybridized carbons (Fsp3) is 0.611. The van der Waals surface area contributed by atoms with Gasteiger partial charge in [0.2, 0.25) is 0 Å². The van der Waals surface area contributed by atoms with Crippen molar-refractivity contribution in [3.05, 3.63) is 23.8 Å². The predicted octanol–water partition coefficient (Wildman–Crippen LogP) is 2.60. The minimum absolute atomic E-state index is 0.0565. The number of benzene rings is 1. The first-order valence-electron chi connectivity index (χ1n) is 8.63. The Bertz CT molecular complexity index is 499. The first kappa shape index (κ1) is 17.6. The van der Waals surface area contributed by atoms with Crippen LogP contribution in [0.15, 0.2) is 18.2 Å². The fourth-order valence-electron chi connectivity index (χ4n) is 2.70. The molecule has 1 saturated heterocycles. The van der Waals surface area contributed by atoms with E-state index in [4.69, 9.17) is 9.47 Å². The number of hydrogen-bond acceptors (Lipinski definition) is 4. The van der Waals surface area contributed by atoms with Crippen molar-refractivity contribution in [3.63, 3.8) is 0 Å². The maximum absolute atomic E-state index is 12.3. The highest BCUT2D eigenvalue weighted by atomic mass is 16.5. The second-order valence-electron chi connectivity index (χ2n) is 5.85. The van der Waals surface area contributed by atoms with Crippen molar-refractivity contribution in [3.8, 4) is 11.5 Å². The molecule has 1 fully saturated rings. The third kappa shape index (κ3) is 5.43. The largest absolute Gasteiger partial charge is 0.490 e. The van der Waals surface area contributed by atoms with Crippen LogP contribution in [0.2, 0.25) is 0 Å². The number of nitrogens with one attached hydrogen (secondary N) is 2. The minimum Gasteiger partial charge on any atom is -0.490 e. The zero-order chi connectivity index (χ0) is 16.5. The molecule has 2 rings (SSSR count). The number of rotatable bonds is 9. The molecular weight excluding hydrogens is 292 g/mol. The topological polar surface area (TPSA) is 59.6 Å². The van der Waals surface area contributed by atoms with Crippen molar-refractivity contribution in [1.82, 2.24) is 10.6 Å². The molecule has 0 saturated carbocycles. The zero-order valence-electron chi connectivity index (χ0n) is 14.2. The highest BCUT2D eigenvalue weighted by Gasteiger charge is 2.15. The number of carbonyl (C=O) groups is 1. The lowest BCUT2D eigenvalue weighted by Gasteiger charge is -2.13. The van der Waals surface area contributed by atoms with Crippen LogP contribution in [0.1, 0.15) is 43.5 Å². The Balaban J connectivity index is 1.91. The maximum Gasteiger partial charge on any atom is 0.251 e. The highest BCUT2D eigenvalue weighted by Crippen LogP contribution is 2.28. The van der Waals surface area contributed by atoms with E-state index < -0.39 is 0 Å². The second-order valence-corrected chi connectivity index (χ2v) is 5.85. The lowest BCUT2D eigenvalue weighted by Crippen LogP contribution is -2.26. The summed E-state index contributed by atoms with van der Waals surface area (Å²) in [5, 5.41) is 6.34. The minimum atomic E-state index is -0.0565. The number of hydrogen-bond donors (Lipinski definition) is 2. The van der Waals surface area contributed by atoms with Gasteiger partial charge in [0.15, 0.2) is 11.5 Å². The van der Waals surface area contributed by atoms with Gasteiger partial charge in [-0.15, -0.1) is 0 Å². The standard InChI is InChI=1S/C18H28N2O3/c1-3-11-23-16-6-5-15(12-17(16)22-4-2)18(21)20-10-8-14-7-9-19-13-14/h5-6,12,14,19H,3-4,7-11,13H2,1-2H3,(H,20,21). The Morgan fingerprint density at radius 3 is 2.87 bits per heavy atom. The van der Waals surface area contributed by atoms with E-state index >= 15 is 0 Å². The van der Waals surface area contributed by atoms with Crippen LogP contribution in [-0.4, -0.2) is 38.8 Å². The van der Waals surface area contributed by atoms with Gasteiger partial charge in [-0.25, -0.2) is 0 Å². The van der Waals surface area contributed by atoms with E-state index in [0.717, 1.165) is 25.9 Å². The van der Waals surface area contributed by atoms with Gasteiger partial charge in [-0.2, -0.15) is 0 Å². The molecule has 0 spiro atoms. The second kappa shape index (κ2) is 9.40. The third-order valence-electron chi connectivity index (χ3n) is 3.97. The van der Waals surface area contributed by atoms with Crippen molar-refractivity contribution in [1.29, 1.82) is 0 Å². The van der Waals surface area contributed by atoms with Crippen LogP contribution in [0.3, 0.4) is 0 Å².